The van der Waals surface area contributed by atoms with E-state index in [9.17, 15) is 4.39 Å². The molecule has 14 heavy (non-hydrogen) atoms. The number of rotatable bonds is 3. The summed E-state index contributed by atoms with van der Waals surface area (Å²) < 4.78 is 13.5. The van der Waals surface area contributed by atoms with Gasteiger partial charge in [-0.05, 0) is 54.7 Å². The largest absolute Gasteiger partial charge is 0.207 e. The Morgan fingerprint density at radius 2 is 1.86 bits per heavy atom. The van der Waals surface area contributed by atoms with Crippen molar-refractivity contribution in [2.75, 3.05) is 5.75 Å². The highest BCUT2D eigenvalue weighted by atomic mass is 32.1. The van der Waals surface area contributed by atoms with Crippen LogP contribution in [0.2, 0.25) is 0 Å². The lowest BCUT2D eigenvalue weighted by atomic mass is 9.98. The fraction of sp³-hybridized carbons (Fsp3) is 0.500. The molecule has 0 fully saturated rings. The summed E-state index contributed by atoms with van der Waals surface area (Å²) in [5.74, 6) is 1.14. The Balaban J connectivity index is 2.92. The van der Waals surface area contributed by atoms with Crippen molar-refractivity contribution < 1.29 is 4.39 Å². The average molecular weight is 212 g/mol. The van der Waals surface area contributed by atoms with Crippen LogP contribution in [0.15, 0.2) is 12.1 Å². The maximum absolute atomic E-state index is 13.5. The lowest BCUT2D eigenvalue weighted by Crippen LogP contribution is -2.04. The van der Waals surface area contributed by atoms with E-state index in [2.05, 4.69) is 19.6 Å². The zero-order valence-corrected chi connectivity index (χ0v) is 9.87. The Kier molecular flexibility index (Phi) is 3.99. The summed E-state index contributed by atoms with van der Waals surface area (Å²) in [4.78, 5) is 0. The Morgan fingerprint density at radius 1 is 1.29 bits per heavy atom. The molecule has 0 nitrogen and oxygen atoms in total. The third-order valence-corrected chi connectivity index (χ3v) is 3.17. The van der Waals surface area contributed by atoms with Gasteiger partial charge in [0, 0.05) is 0 Å². The standard InChI is InChI=1S/C12H17FS/c1-8(7-14)4-11-5-9(2)10(3)6-12(11)13/h5-6,8,14H,4,7H2,1-3H3. The molecular weight excluding hydrogens is 195 g/mol. The minimum atomic E-state index is -0.0817. The summed E-state index contributed by atoms with van der Waals surface area (Å²) in [6.07, 6.45) is 0.774. The molecule has 0 aromatic heterocycles. The van der Waals surface area contributed by atoms with Crippen LogP contribution in [0.4, 0.5) is 4.39 Å². The fourth-order valence-electron chi connectivity index (χ4n) is 1.44. The molecule has 1 aromatic carbocycles. The van der Waals surface area contributed by atoms with Gasteiger partial charge in [-0.1, -0.05) is 13.0 Å². The van der Waals surface area contributed by atoms with Crippen molar-refractivity contribution in [3.05, 3.63) is 34.6 Å². The molecule has 0 saturated carbocycles. The molecule has 1 unspecified atom stereocenters. The van der Waals surface area contributed by atoms with Crippen molar-refractivity contribution in [2.45, 2.75) is 27.2 Å². The second kappa shape index (κ2) is 4.83. The normalized spacial score (nSPS) is 12.9. The number of halogens is 1. The zero-order chi connectivity index (χ0) is 10.7. The van der Waals surface area contributed by atoms with E-state index in [-0.39, 0.29) is 5.82 Å². The average Bonchev–Trinajstić information content (AvgIpc) is 2.14. The second-order valence-corrected chi connectivity index (χ2v) is 4.38. The van der Waals surface area contributed by atoms with E-state index in [0.29, 0.717) is 5.92 Å². The SMILES string of the molecule is Cc1cc(F)c(CC(C)CS)cc1C. The van der Waals surface area contributed by atoms with Crippen LogP contribution < -0.4 is 0 Å². The molecule has 1 aromatic rings. The maximum atomic E-state index is 13.5. The van der Waals surface area contributed by atoms with Crippen LogP contribution in [0.1, 0.15) is 23.6 Å². The van der Waals surface area contributed by atoms with Crippen molar-refractivity contribution in [2.24, 2.45) is 5.92 Å². The quantitative estimate of drug-likeness (QED) is 0.728. The van der Waals surface area contributed by atoms with Crippen molar-refractivity contribution in [1.82, 2.24) is 0 Å². The Bertz CT molecular complexity index is 320. The highest BCUT2D eigenvalue weighted by Crippen LogP contribution is 2.18. The first-order valence-corrected chi connectivity index (χ1v) is 5.54. The van der Waals surface area contributed by atoms with Crippen molar-refractivity contribution >= 4 is 12.6 Å². The van der Waals surface area contributed by atoms with Gasteiger partial charge in [-0.25, -0.2) is 4.39 Å². The van der Waals surface area contributed by atoms with Gasteiger partial charge < -0.3 is 0 Å². The Hall–Kier alpha value is -0.500. The fourth-order valence-corrected chi connectivity index (χ4v) is 1.57. The van der Waals surface area contributed by atoms with E-state index in [1.165, 1.54) is 0 Å². The molecule has 0 N–H and O–H groups in total. The molecule has 0 radical (unpaired) electrons. The first-order chi connectivity index (χ1) is 6.54. The lowest BCUT2D eigenvalue weighted by molar-refractivity contribution is 0.577. The van der Waals surface area contributed by atoms with Crippen LogP contribution in [0.5, 0.6) is 0 Å². The summed E-state index contributed by atoms with van der Waals surface area (Å²) in [6.45, 7) is 6.04. The molecule has 0 saturated heterocycles. The second-order valence-electron chi connectivity index (χ2n) is 4.02. The lowest BCUT2D eigenvalue weighted by Gasteiger charge is -2.11. The van der Waals surface area contributed by atoms with Gasteiger partial charge in [0.1, 0.15) is 5.82 Å². The van der Waals surface area contributed by atoms with Crippen molar-refractivity contribution in [1.29, 1.82) is 0 Å². The minimum absolute atomic E-state index is 0.0817. The summed E-state index contributed by atoms with van der Waals surface area (Å²) in [5, 5.41) is 0. The van der Waals surface area contributed by atoms with Gasteiger partial charge in [-0.2, -0.15) is 12.6 Å². The monoisotopic (exact) mass is 212 g/mol. The number of benzene rings is 1. The van der Waals surface area contributed by atoms with Crippen LogP contribution in [0.25, 0.3) is 0 Å². The topological polar surface area (TPSA) is 0 Å². The first kappa shape index (κ1) is 11.6. The molecule has 0 heterocycles. The van der Waals surface area contributed by atoms with Gasteiger partial charge in [0.15, 0.2) is 0 Å². The Labute approximate surface area is 90.9 Å². The molecule has 2 heteroatoms. The molecular formula is C12H17FS. The molecule has 78 valence electrons. The third kappa shape index (κ3) is 2.74. The van der Waals surface area contributed by atoms with E-state index in [1.54, 1.807) is 6.07 Å². The van der Waals surface area contributed by atoms with E-state index in [1.807, 2.05) is 19.9 Å². The van der Waals surface area contributed by atoms with Gasteiger partial charge in [0.05, 0.1) is 0 Å². The van der Waals surface area contributed by atoms with Gasteiger partial charge in [0.25, 0.3) is 0 Å². The van der Waals surface area contributed by atoms with Gasteiger partial charge in [-0.3, -0.25) is 0 Å². The van der Waals surface area contributed by atoms with Gasteiger partial charge in [0.2, 0.25) is 0 Å². The van der Waals surface area contributed by atoms with Crippen molar-refractivity contribution in [3.63, 3.8) is 0 Å². The minimum Gasteiger partial charge on any atom is -0.207 e. The summed E-state index contributed by atoms with van der Waals surface area (Å²) >= 11 is 4.20. The number of aryl methyl sites for hydroxylation is 2. The predicted octanol–water partition coefficient (Wildman–Crippen LogP) is 3.55. The van der Waals surface area contributed by atoms with E-state index in [0.717, 1.165) is 28.9 Å². The summed E-state index contributed by atoms with van der Waals surface area (Å²) in [5.41, 5.74) is 2.99. The molecule has 0 aliphatic heterocycles. The van der Waals surface area contributed by atoms with Gasteiger partial charge in [-0.15, -0.1) is 0 Å². The third-order valence-electron chi connectivity index (χ3n) is 2.54. The highest BCUT2D eigenvalue weighted by Gasteiger charge is 2.08. The molecule has 0 amide bonds. The smallest absolute Gasteiger partial charge is 0.126 e. The van der Waals surface area contributed by atoms with Crippen LogP contribution in [-0.2, 0) is 6.42 Å². The molecule has 0 aliphatic rings. The highest BCUT2D eigenvalue weighted by molar-refractivity contribution is 7.80. The van der Waals surface area contributed by atoms with E-state index in [4.69, 9.17) is 0 Å². The maximum Gasteiger partial charge on any atom is 0.126 e. The van der Waals surface area contributed by atoms with Crippen molar-refractivity contribution in [3.8, 4) is 0 Å². The van der Waals surface area contributed by atoms with Crippen LogP contribution in [-0.4, -0.2) is 5.75 Å². The molecule has 0 bridgehead atoms. The van der Waals surface area contributed by atoms with Crippen LogP contribution in [0.3, 0.4) is 0 Å². The number of hydrogen-bond acceptors (Lipinski definition) is 1. The summed E-state index contributed by atoms with van der Waals surface area (Å²) in [6, 6.07) is 3.57. The molecule has 1 rings (SSSR count). The number of thiol groups is 1. The van der Waals surface area contributed by atoms with Gasteiger partial charge >= 0.3 is 0 Å². The first-order valence-electron chi connectivity index (χ1n) is 4.91. The van der Waals surface area contributed by atoms with E-state index < -0.39 is 0 Å². The predicted molar refractivity (Wildman–Crippen MR) is 62.6 cm³/mol. The summed E-state index contributed by atoms with van der Waals surface area (Å²) in [7, 11) is 0. The Morgan fingerprint density at radius 3 is 2.43 bits per heavy atom. The molecule has 0 aliphatic carbocycles. The molecule has 0 spiro atoms. The zero-order valence-electron chi connectivity index (χ0n) is 8.97. The van der Waals surface area contributed by atoms with E-state index >= 15 is 0 Å². The molecule has 1 atom stereocenters. The van der Waals surface area contributed by atoms with Crippen LogP contribution in [0, 0.1) is 25.6 Å². The van der Waals surface area contributed by atoms with Crippen LogP contribution >= 0.6 is 12.6 Å². The number of hydrogen-bond donors (Lipinski definition) is 1.